The Morgan fingerprint density at radius 1 is 1.04 bits per heavy atom. The summed E-state index contributed by atoms with van der Waals surface area (Å²) < 4.78 is 0. The van der Waals surface area contributed by atoms with Crippen LogP contribution in [0.25, 0.3) is 0 Å². The second-order valence-corrected chi connectivity index (χ2v) is 7.69. The van der Waals surface area contributed by atoms with Crippen molar-refractivity contribution in [2.45, 2.75) is 58.3 Å². The number of rotatable bonds is 6. The number of hydrogen-bond donors (Lipinski definition) is 1. The van der Waals surface area contributed by atoms with Crippen LogP contribution in [0.15, 0.2) is 24.3 Å². The predicted octanol–water partition coefficient (Wildman–Crippen LogP) is 3.98. The van der Waals surface area contributed by atoms with Gasteiger partial charge in [0.05, 0.1) is 0 Å². The third-order valence-corrected chi connectivity index (χ3v) is 4.65. The number of hydrogen-bond acceptors (Lipinski definition) is 2. The maximum atomic E-state index is 12.1. The van der Waals surface area contributed by atoms with Crippen molar-refractivity contribution in [3.63, 3.8) is 0 Å². The molecule has 0 radical (unpaired) electrons. The van der Waals surface area contributed by atoms with Gasteiger partial charge in [0.2, 0.25) is 0 Å². The number of carbonyl (C=O) groups is 1. The van der Waals surface area contributed by atoms with Crippen molar-refractivity contribution >= 4 is 5.91 Å². The number of amides is 1. The first kappa shape index (κ1) is 18.0. The van der Waals surface area contributed by atoms with Crippen LogP contribution in [0.1, 0.15) is 68.8 Å². The fraction of sp³-hybridized carbons (Fsp3) is 0.650. The smallest absolute Gasteiger partial charge is 0.251 e. The van der Waals surface area contributed by atoms with Crippen molar-refractivity contribution in [1.82, 2.24) is 10.2 Å². The standard InChI is InChI=1S/C20H32N2O/c1-20(2,3)18-11-9-17(10-12-18)19(23)21-13-5-8-16-22-14-6-4-7-15-22/h9-12H,4-8,13-16H2,1-3H3,(H,21,23). The molecule has 1 aromatic rings. The third-order valence-electron chi connectivity index (χ3n) is 4.65. The van der Waals surface area contributed by atoms with Crippen LogP contribution in [-0.4, -0.2) is 37.0 Å². The second-order valence-electron chi connectivity index (χ2n) is 7.69. The molecular weight excluding hydrogens is 284 g/mol. The highest BCUT2D eigenvalue weighted by atomic mass is 16.1. The van der Waals surface area contributed by atoms with E-state index in [0.29, 0.717) is 0 Å². The van der Waals surface area contributed by atoms with Crippen LogP contribution in [0.2, 0.25) is 0 Å². The van der Waals surface area contributed by atoms with E-state index >= 15 is 0 Å². The molecule has 1 aliphatic rings. The molecule has 0 aromatic heterocycles. The molecule has 0 spiro atoms. The first-order valence-corrected chi connectivity index (χ1v) is 9.08. The average molecular weight is 316 g/mol. The summed E-state index contributed by atoms with van der Waals surface area (Å²) in [5, 5.41) is 3.04. The number of nitrogens with zero attached hydrogens (tertiary/aromatic N) is 1. The Morgan fingerprint density at radius 2 is 1.70 bits per heavy atom. The molecule has 0 saturated carbocycles. The molecule has 1 fully saturated rings. The van der Waals surface area contributed by atoms with Crippen LogP contribution in [0.5, 0.6) is 0 Å². The van der Waals surface area contributed by atoms with E-state index in [1.165, 1.54) is 50.9 Å². The van der Waals surface area contributed by atoms with E-state index < -0.39 is 0 Å². The Hall–Kier alpha value is -1.35. The van der Waals surface area contributed by atoms with Gasteiger partial charge in [0.15, 0.2) is 0 Å². The largest absolute Gasteiger partial charge is 0.352 e. The molecular formula is C20H32N2O. The quantitative estimate of drug-likeness (QED) is 0.805. The van der Waals surface area contributed by atoms with Gasteiger partial charge in [0.25, 0.3) is 5.91 Å². The van der Waals surface area contributed by atoms with E-state index in [9.17, 15) is 4.79 Å². The minimum atomic E-state index is 0.0448. The lowest BCUT2D eigenvalue weighted by Gasteiger charge is -2.26. The molecule has 2 rings (SSSR count). The predicted molar refractivity (Wildman–Crippen MR) is 97.0 cm³/mol. The summed E-state index contributed by atoms with van der Waals surface area (Å²) in [5.41, 5.74) is 2.15. The van der Waals surface area contributed by atoms with Crippen molar-refractivity contribution < 1.29 is 4.79 Å². The SMILES string of the molecule is CC(C)(C)c1ccc(C(=O)NCCCCN2CCCCC2)cc1. The molecule has 0 bridgehead atoms. The summed E-state index contributed by atoms with van der Waals surface area (Å²) in [5.74, 6) is 0.0448. The Kier molecular flexibility index (Phi) is 6.64. The zero-order chi connectivity index (χ0) is 16.7. The van der Waals surface area contributed by atoms with E-state index in [4.69, 9.17) is 0 Å². The maximum Gasteiger partial charge on any atom is 0.251 e. The van der Waals surface area contributed by atoms with Crippen molar-refractivity contribution in [3.05, 3.63) is 35.4 Å². The number of nitrogens with one attached hydrogen (secondary N) is 1. The first-order chi connectivity index (χ1) is 11.0. The Balaban J connectivity index is 1.66. The lowest BCUT2D eigenvalue weighted by atomic mass is 9.87. The highest BCUT2D eigenvalue weighted by Crippen LogP contribution is 2.22. The number of likely N-dealkylation sites (tertiary alicyclic amines) is 1. The minimum absolute atomic E-state index is 0.0448. The number of piperidine rings is 1. The van der Waals surface area contributed by atoms with E-state index in [2.05, 4.69) is 43.1 Å². The minimum Gasteiger partial charge on any atom is -0.352 e. The van der Waals surface area contributed by atoms with Crippen LogP contribution < -0.4 is 5.32 Å². The zero-order valence-electron chi connectivity index (χ0n) is 15.0. The highest BCUT2D eigenvalue weighted by molar-refractivity contribution is 5.94. The highest BCUT2D eigenvalue weighted by Gasteiger charge is 2.14. The van der Waals surface area contributed by atoms with Crippen LogP contribution >= 0.6 is 0 Å². The molecule has 3 heteroatoms. The van der Waals surface area contributed by atoms with Crippen molar-refractivity contribution in [1.29, 1.82) is 0 Å². The van der Waals surface area contributed by atoms with Crippen molar-refractivity contribution in [2.75, 3.05) is 26.2 Å². The molecule has 128 valence electrons. The Morgan fingerprint density at radius 3 is 2.30 bits per heavy atom. The summed E-state index contributed by atoms with van der Waals surface area (Å²) in [7, 11) is 0. The van der Waals surface area contributed by atoms with Gasteiger partial charge in [-0.15, -0.1) is 0 Å². The lowest BCUT2D eigenvalue weighted by molar-refractivity contribution is 0.0952. The molecule has 1 N–H and O–H groups in total. The molecule has 0 aliphatic carbocycles. The van der Waals surface area contributed by atoms with Gasteiger partial charge in [-0.05, 0) is 68.4 Å². The normalized spacial score (nSPS) is 16.3. The monoisotopic (exact) mass is 316 g/mol. The van der Waals surface area contributed by atoms with Crippen LogP contribution in [0, 0.1) is 0 Å². The number of unbranched alkanes of at least 4 members (excludes halogenated alkanes) is 1. The van der Waals surface area contributed by atoms with Gasteiger partial charge < -0.3 is 10.2 Å². The fourth-order valence-corrected chi connectivity index (χ4v) is 3.07. The van der Waals surface area contributed by atoms with Crippen molar-refractivity contribution in [2.24, 2.45) is 0 Å². The first-order valence-electron chi connectivity index (χ1n) is 9.08. The summed E-state index contributed by atoms with van der Waals surface area (Å²) in [4.78, 5) is 14.7. The van der Waals surface area contributed by atoms with Crippen LogP contribution in [0.3, 0.4) is 0 Å². The summed E-state index contributed by atoms with van der Waals surface area (Å²) >= 11 is 0. The molecule has 1 aromatic carbocycles. The fourth-order valence-electron chi connectivity index (χ4n) is 3.07. The summed E-state index contributed by atoms with van der Waals surface area (Å²) in [6.45, 7) is 11.0. The second kappa shape index (κ2) is 8.49. The zero-order valence-corrected chi connectivity index (χ0v) is 15.0. The molecule has 0 atom stereocenters. The molecule has 1 amide bonds. The number of benzene rings is 1. The van der Waals surface area contributed by atoms with E-state index in [1.54, 1.807) is 0 Å². The van der Waals surface area contributed by atoms with Gasteiger partial charge in [-0.3, -0.25) is 4.79 Å². The molecule has 3 nitrogen and oxygen atoms in total. The van der Waals surface area contributed by atoms with Gasteiger partial charge in [-0.1, -0.05) is 39.3 Å². The Bertz CT molecular complexity index is 481. The summed E-state index contributed by atoms with van der Waals surface area (Å²) in [6.07, 6.45) is 6.31. The molecule has 23 heavy (non-hydrogen) atoms. The van der Waals surface area contributed by atoms with Gasteiger partial charge in [0.1, 0.15) is 0 Å². The van der Waals surface area contributed by atoms with E-state index in [0.717, 1.165) is 18.5 Å². The van der Waals surface area contributed by atoms with E-state index in [-0.39, 0.29) is 11.3 Å². The molecule has 1 saturated heterocycles. The molecule has 1 aliphatic heterocycles. The average Bonchev–Trinajstić information content (AvgIpc) is 2.54. The topological polar surface area (TPSA) is 32.3 Å². The number of carbonyl (C=O) groups excluding carboxylic acids is 1. The van der Waals surface area contributed by atoms with Gasteiger partial charge in [-0.25, -0.2) is 0 Å². The lowest BCUT2D eigenvalue weighted by Crippen LogP contribution is -2.31. The molecule has 0 unspecified atom stereocenters. The van der Waals surface area contributed by atoms with Gasteiger partial charge >= 0.3 is 0 Å². The Labute approximate surface area is 141 Å². The summed E-state index contributed by atoms with van der Waals surface area (Å²) in [6, 6.07) is 7.99. The van der Waals surface area contributed by atoms with E-state index in [1.807, 2.05) is 12.1 Å². The van der Waals surface area contributed by atoms with Crippen molar-refractivity contribution in [3.8, 4) is 0 Å². The van der Waals surface area contributed by atoms with Gasteiger partial charge in [-0.2, -0.15) is 0 Å². The maximum absolute atomic E-state index is 12.1. The van der Waals surface area contributed by atoms with Crippen LogP contribution in [-0.2, 0) is 5.41 Å². The van der Waals surface area contributed by atoms with Crippen LogP contribution in [0.4, 0.5) is 0 Å². The van der Waals surface area contributed by atoms with Gasteiger partial charge in [0, 0.05) is 12.1 Å². The molecule has 1 heterocycles. The third kappa shape index (κ3) is 5.98.